The Morgan fingerprint density at radius 1 is 0.484 bits per heavy atom. The van der Waals surface area contributed by atoms with Crippen molar-refractivity contribution in [1.29, 1.82) is 0 Å². The zero-order chi connectivity index (χ0) is 21.1. The Kier molecular flexibility index (Phi) is 7.15. The van der Waals surface area contributed by atoms with Gasteiger partial charge in [-0.05, 0) is 55.7 Å². The predicted molar refractivity (Wildman–Crippen MR) is 120 cm³/mol. The van der Waals surface area contributed by atoms with Crippen LogP contribution in [0.2, 0.25) is 0 Å². The zero-order valence-corrected chi connectivity index (χ0v) is 17.2. The van der Waals surface area contributed by atoms with Crippen molar-refractivity contribution in [2.24, 2.45) is 0 Å². The molecule has 0 atom stereocenters. The molecule has 31 heavy (non-hydrogen) atoms. The highest BCUT2D eigenvalue weighted by molar-refractivity contribution is 5.54. The summed E-state index contributed by atoms with van der Waals surface area (Å²) in [5.74, 6) is 1.24. The van der Waals surface area contributed by atoms with E-state index in [1.165, 1.54) is 0 Å². The molecule has 0 fully saturated rings. The summed E-state index contributed by atoms with van der Waals surface area (Å²) in [6.07, 6.45) is 6.38. The van der Waals surface area contributed by atoms with E-state index in [0.29, 0.717) is 25.0 Å². The number of hydrogen-bond acceptors (Lipinski definition) is 6. The van der Waals surface area contributed by atoms with Gasteiger partial charge in [-0.3, -0.25) is 9.97 Å². The molecule has 0 unspecified atom stereocenters. The van der Waals surface area contributed by atoms with Gasteiger partial charge in [0.2, 0.25) is 11.8 Å². The van der Waals surface area contributed by atoms with Crippen LogP contribution < -0.4 is 9.47 Å². The Morgan fingerprint density at radius 2 is 0.968 bits per heavy atom. The maximum Gasteiger partial charge on any atom is 0.213 e. The predicted octanol–water partition coefficient (Wildman–Crippen LogP) is 5.23. The highest BCUT2D eigenvalue weighted by Gasteiger charge is 2.04. The van der Waals surface area contributed by atoms with Crippen LogP contribution in [-0.4, -0.2) is 33.1 Å². The minimum absolute atomic E-state index is 0.617. The van der Waals surface area contributed by atoms with Gasteiger partial charge in [0, 0.05) is 24.5 Å². The molecular weight excluding hydrogens is 388 g/mol. The third kappa shape index (κ3) is 6.09. The summed E-state index contributed by atoms with van der Waals surface area (Å²) in [5, 5.41) is 0. The van der Waals surface area contributed by atoms with Crippen LogP contribution in [0.15, 0.2) is 85.2 Å². The lowest BCUT2D eigenvalue weighted by Crippen LogP contribution is -2.03. The van der Waals surface area contributed by atoms with Gasteiger partial charge in [0.1, 0.15) is 0 Å². The van der Waals surface area contributed by atoms with Crippen molar-refractivity contribution in [3.05, 3.63) is 85.2 Å². The maximum atomic E-state index is 5.80. The largest absolute Gasteiger partial charge is 0.478 e. The van der Waals surface area contributed by atoms with Gasteiger partial charge in [0.05, 0.1) is 36.0 Å². The Hall–Kier alpha value is -3.80. The molecule has 0 bridgehead atoms. The van der Waals surface area contributed by atoms with Crippen LogP contribution in [0.25, 0.3) is 22.8 Å². The lowest BCUT2D eigenvalue weighted by molar-refractivity contribution is 0.269. The monoisotopic (exact) mass is 412 g/mol. The summed E-state index contributed by atoms with van der Waals surface area (Å²) < 4.78 is 11.6. The summed E-state index contributed by atoms with van der Waals surface area (Å²) in [5.41, 5.74) is 3.30. The average molecular weight is 412 g/mol. The maximum absolute atomic E-state index is 5.80. The van der Waals surface area contributed by atoms with E-state index in [-0.39, 0.29) is 0 Å². The molecule has 0 aliphatic carbocycles. The number of rotatable bonds is 10. The van der Waals surface area contributed by atoms with Gasteiger partial charge in [-0.15, -0.1) is 0 Å². The normalized spacial score (nSPS) is 10.6. The SMILES string of the molecule is c1ccc(-c2cccc(OCCCCCOc3cccc(-c4ccccn4)n3)n2)nc1. The van der Waals surface area contributed by atoms with E-state index in [2.05, 4.69) is 19.9 Å². The van der Waals surface area contributed by atoms with Crippen molar-refractivity contribution in [3.63, 3.8) is 0 Å². The third-order valence-corrected chi connectivity index (χ3v) is 4.59. The van der Waals surface area contributed by atoms with Crippen LogP contribution in [0.4, 0.5) is 0 Å². The van der Waals surface area contributed by atoms with Crippen molar-refractivity contribution >= 4 is 0 Å². The van der Waals surface area contributed by atoms with Gasteiger partial charge in [-0.25, -0.2) is 9.97 Å². The standard InChI is InChI=1S/C25H24N4O2/c1(6-18-30-24-14-8-12-22(28-24)20-10-2-4-16-26-20)7-19-31-25-15-9-13-23(29-25)21-11-3-5-17-27-21/h2-5,8-17H,1,6-7,18-19H2. The molecule has 0 radical (unpaired) electrons. The lowest BCUT2D eigenvalue weighted by Gasteiger charge is -2.08. The van der Waals surface area contributed by atoms with Crippen LogP contribution >= 0.6 is 0 Å². The third-order valence-electron chi connectivity index (χ3n) is 4.59. The quantitative estimate of drug-likeness (QED) is 0.332. The van der Waals surface area contributed by atoms with E-state index in [1.807, 2.05) is 72.8 Å². The summed E-state index contributed by atoms with van der Waals surface area (Å²) in [4.78, 5) is 17.7. The van der Waals surface area contributed by atoms with Crippen LogP contribution in [0.5, 0.6) is 11.8 Å². The second-order valence-electron chi connectivity index (χ2n) is 6.91. The highest BCUT2D eigenvalue weighted by atomic mass is 16.5. The van der Waals surface area contributed by atoms with Gasteiger partial charge in [0.15, 0.2) is 0 Å². The minimum Gasteiger partial charge on any atom is -0.478 e. The van der Waals surface area contributed by atoms with E-state index >= 15 is 0 Å². The Morgan fingerprint density at radius 3 is 1.42 bits per heavy atom. The molecule has 0 saturated carbocycles. The first-order chi connectivity index (χ1) is 15.4. The molecule has 0 amide bonds. The molecule has 0 aromatic carbocycles. The second kappa shape index (κ2) is 10.8. The van der Waals surface area contributed by atoms with E-state index in [9.17, 15) is 0 Å². The molecule has 4 aromatic heterocycles. The van der Waals surface area contributed by atoms with Crippen molar-refractivity contribution in [1.82, 2.24) is 19.9 Å². The minimum atomic E-state index is 0.617. The average Bonchev–Trinajstić information content (AvgIpc) is 2.85. The molecule has 0 N–H and O–H groups in total. The molecule has 0 spiro atoms. The van der Waals surface area contributed by atoms with Crippen LogP contribution in [0, 0.1) is 0 Å². The summed E-state index contributed by atoms with van der Waals surface area (Å²) in [6.45, 7) is 1.23. The van der Waals surface area contributed by atoms with Gasteiger partial charge in [-0.2, -0.15) is 0 Å². The Balaban J connectivity index is 1.17. The van der Waals surface area contributed by atoms with E-state index in [1.54, 1.807) is 12.4 Å². The van der Waals surface area contributed by atoms with Crippen molar-refractivity contribution in [2.75, 3.05) is 13.2 Å². The number of pyridine rings is 4. The first-order valence-corrected chi connectivity index (χ1v) is 10.4. The molecule has 6 nitrogen and oxygen atoms in total. The molecule has 156 valence electrons. The topological polar surface area (TPSA) is 70.0 Å². The van der Waals surface area contributed by atoms with Crippen molar-refractivity contribution in [2.45, 2.75) is 19.3 Å². The van der Waals surface area contributed by atoms with Crippen molar-refractivity contribution < 1.29 is 9.47 Å². The fraction of sp³-hybridized carbons (Fsp3) is 0.200. The van der Waals surface area contributed by atoms with Gasteiger partial charge < -0.3 is 9.47 Å². The number of hydrogen-bond donors (Lipinski definition) is 0. The van der Waals surface area contributed by atoms with E-state index < -0.39 is 0 Å². The lowest BCUT2D eigenvalue weighted by atomic mass is 10.2. The second-order valence-corrected chi connectivity index (χ2v) is 6.91. The smallest absolute Gasteiger partial charge is 0.213 e. The summed E-state index contributed by atoms with van der Waals surface area (Å²) in [6, 6.07) is 23.0. The molecule has 6 heteroatoms. The fourth-order valence-electron chi connectivity index (χ4n) is 3.04. The van der Waals surface area contributed by atoms with Crippen LogP contribution in [0.3, 0.4) is 0 Å². The van der Waals surface area contributed by atoms with E-state index in [0.717, 1.165) is 42.0 Å². The van der Waals surface area contributed by atoms with E-state index in [4.69, 9.17) is 9.47 Å². The van der Waals surface area contributed by atoms with Crippen molar-refractivity contribution in [3.8, 4) is 34.5 Å². The zero-order valence-electron chi connectivity index (χ0n) is 17.2. The van der Waals surface area contributed by atoms with Gasteiger partial charge >= 0.3 is 0 Å². The highest BCUT2D eigenvalue weighted by Crippen LogP contribution is 2.18. The molecule has 0 aliphatic rings. The first kappa shape index (κ1) is 20.5. The van der Waals surface area contributed by atoms with Crippen LogP contribution in [-0.2, 0) is 0 Å². The number of unbranched alkanes of at least 4 members (excludes halogenated alkanes) is 2. The van der Waals surface area contributed by atoms with Crippen LogP contribution in [0.1, 0.15) is 19.3 Å². The molecule has 0 saturated heterocycles. The molecule has 4 heterocycles. The molecule has 0 aliphatic heterocycles. The number of aromatic nitrogens is 4. The molecular formula is C25H24N4O2. The first-order valence-electron chi connectivity index (χ1n) is 10.4. The summed E-state index contributed by atoms with van der Waals surface area (Å²) in [7, 11) is 0. The Labute approximate surface area is 182 Å². The fourth-order valence-corrected chi connectivity index (χ4v) is 3.04. The Bertz CT molecular complexity index is 988. The number of ether oxygens (including phenoxy) is 2. The molecule has 4 aromatic rings. The molecule has 4 rings (SSSR count). The summed E-state index contributed by atoms with van der Waals surface area (Å²) >= 11 is 0. The van der Waals surface area contributed by atoms with Gasteiger partial charge in [-0.1, -0.05) is 24.3 Å². The number of nitrogens with zero attached hydrogens (tertiary/aromatic N) is 4. The van der Waals surface area contributed by atoms with Gasteiger partial charge in [0.25, 0.3) is 0 Å².